The number of rotatable bonds is 5. The molecule has 128 valence electrons. The Morgan fingerprint density at radius 3 is 2.17 bits per heavy atom. The first kappa shape index (κ1) is 18.6. The highest BCUT2D eigenvalue weighted by atomic mass is 79.9. The molecule has 0 saturated carbocycles. The maximum atomic E-state index is 12.4. The second-order valence-electron chi connectivity index (χ2n) is 4.84. The number of hydrogen-bond donors (Lipinski definition) is 2. The van der Waals surface area contributed by atoms with E-state index in [0.717, 1.165) is 18.2 Å². The van der Waals surface area contributed by atoms with Crippen molar-refractivity contribution >= 4 is 41.6 Å². The first-order chi connectivity index (χ1) is 11.0. The van der Waals surface area contributed by atoms with Crippen molar-refractivity contribution in [3.8, 4) is 5.75 Å². The smallest absolute Gasteiger partial charge is 0.239 e. The number of halogens is 1. The number of sulfonamides is 1. The average molecular weight is 434 g/mol. The van der Waals surface area contributed by atoms with Crippen molar-refractivity contribution in [3.05, 3.63) is 52.5 Å². The van der Waals surface area contributed by atoms with E-state index in [1.165, 1.54) is 24.3 Å². The molecule has 2 aromatic rings. The molecule has 0 saturated heterocycles. The lowest BCUT2D eigenvalue weighted by molar-refractivity contribution is 0.102. The van der Waals surface area contributed by atoms with Gasteiger partial charge >= 0.3 is 0 Å². The van der Waals surface area contributed by atoms with Gasteiger partial charge in [0.1, 0.15) is 16.4 Å². The molecule has 0 aliphatic carbocycles. The predicted molar refractivity (Wildman–Crippen MR) is 90.0 cm³/mol. The zero-order valence-corrected chi connectivity index (χ0v) is 15.2. The number of carbonyl (C=O) groups excluding carboxylic acids is 1. The molecule has 0 bridgehead atoms. The van der Waals surface area contributed by atoms with Gasteiger partial charge in [-0.05, 0) is 46.3 Å². The normalized spacial score (nSPS) is 12.1. The van der Waals surface area contributed by atoms with E-state index >= 15 is 0 Å². The van der Waals surface area contributed by atoms with Crippen LogP contribution in [0.25, 0.3) is 0 Å². The molecule has 0 heterocycles. The Bertz CT molecular complexity index is 1020. The fourth-order valence-corrected chi connectivity index (χ4v) is 4.88. The van der Waals surface area contributed by atoms with Crippen molar-refractivity contribution in [3.63, 3.8) is 0 Å². The first-order valence-corrected chi connectivity index (χ1v) is 10.4. The molecular formula is C14H12BrNO6S2. The number of sulfone groups is 1. The third kappa shape index (κ3) is 4.01. The second kappa shape index (κ2) is 6.63. The van der Waals surface area contributed by atoms with Gasteiger partial charge in [-0.2, -0.15) is 0 Å². The quantitative estimate of drug-likeness (QED) is 0.685. The molecule has 0 amide bonds. The van der Waals surface area contributed by atoms with Crippen LogP contribution in [-0.4, -0.2) is 33.5 Å². The van der Waals surface area contributed by atoms with Crippen molar-refractivity contribution < 1.29 is 26.7 Å². The van der Waals surface area contributed by atoms with Gasteiger partial charge in [0.15, 0.2) is 15.6 Å². The summed E-state index contributed by atoms with van der Waals surface area (Å²) >= 11 is 3.05. The summed E-state index contributed by atoms with van der Waals surface area (Å²) < 4.78 is 48.3. The highest BCUT2D eigenvalue weighted by Gasteiger charge is 2.27. The SMILES string of the molecule is NS(=O)(=O)c1ccccc1S(=O)(=O)CC(=O)c1ccc(Br)c(O)c1. The molecule has 0 aliphatic rings. The molecule has 0 aromatic heterocycles. The Morgan fingerprint density at radius 2 is 1.62 bits per heavy atom. The number of benzene rings is 2. The van der Waals surface area contributed by atoms with Crippen molar-refractivity contribution in [2.45, 2.75) is 9.79 Å². The standard InChI is InChI=1S/C14H12BrNO6S2/c15-10-6-5-9(7-11(10)17)12(18)8-23(19,20)13-3-1-2-4-14(13)24(16,21)22/h1-7,17H,8H2,(H2,16,21,22). The number of phenols is 1. The highest BCUT2D eigenvalue weighted by Crippen LogP contribution is 2.26. The molecule has 0 radical (unpaired) electrons. The summed E-state index contributed by atoms with van der Waals surface area (Å²) in [4.78, 5) is 11.1. The van der Waals surface area contributed by atoms with Gasteiger partial charge in [-0.1, -0.05) is 12.1 Å². The fourth-order valence-electron chi connectivity index (χ4n) is 1.96. The minimum atomic E-state index is -4.27. The monoisotopic (exact) mass is 433 g/mol. The summed E-state index contributed by atoms with van der Waals surface area (Å²) in [5.74, 6) is -1.97. The average Bonchev–Trinajstić information content (AvgIpc) is 2.48. The molecule has 3 N–H and O–H groups in total. The molecule has 0 atom stereocenters. The van der Waals surface area contributed by atoms with Gasteiger partial charge in [0.25, 0.3) is 0 Å². The molecular weight excluding hydrogens is 422 g/mol. The summed E-state index contributed by atoms with van der Waals surface area (Å²) in [6, 6.07) is 8.64. The summed E-state index contributed by atoms with van der Waals surface area (Å²) in [5, 5.41) is 14.6. The van der Waals surface area contributed by atoms with Gasteiger partial charge in [0, 0.05) is 5.56 Å². The second-order valence-corrected chi connectivity index (χ2v) is 9.18. The topological polar surface area (TPSA) is 132 Å². The lowest BCUT2D eigenvalue weighted by Gasteiger charge is -2.09. The molecule has 10 heteroatoms. The Kier molecular flexibility index (Phi) is 5.14. The van der Waals surface area contributed by atoms with E-state index in [9.17, 15) is 26.7 Å². The molecule has 0 spiro atoms. The largest absolute Gasteiger partial charge is 0.507 e. The number of ketones is 1. The van der Waals surface area contributed by atoms with Gasteiger partial charge in [0.2, 0.25) is 10.0 Å². The molecule has 2 rings (SSSR count). The van der Waals surface area contributed by atoms with Crippen LogP contribution in [0.3, 0.4) is 0 Å². The molecule has 0 unspecified atom stereocenters. The first-order valence-electron chi connectivity index (χ1n) is 6.38. The summed E-state index contributed by atoms with van der Waals surface area (Å²) in [5.41, 5.74) is -0.0210. The minimum absolute atomic E-state index is 0.0210. The third-order valence-electron chi connectivity index (χ3n) is 3.08. The van der Waals surface area contributed by atoms with E-state index < -0.39 is 41.2 Å². The maximum Gasteiger partial charge on any atom is 0.239 e. The van der Waals surface area contributed by atoms with Gasteiger partial charge in [-0.15, -0.1) is 0 Å². The number of phenolic OH excluding ortho intramolecular Hbond substituents is 1. The van der Waals surface area contributed by atoms with E-state index in [2.05, 4.69) is 15.9 Å². The van der Waals surface area contributed by atoms with Crippen molar-refractivity contribution in [1.82, 2.24) is 0 Å². The number of Topliss-reactive ketones (excluding diaryl/α,β-unsaturated/α-hetero) is 1. The van der Waals surface area contributed by atoms with Crippen molar-refractivity contribution in [2.75, 3.05) is 5.75 Å². The number of nitrogens with two attached hydrogens (primary N) is 1. The van der Waals surface area contributed by atoms with Crippen LogP contribution in [0.4, 0.5) is 0 Å². The summed E-state index contributed by atoms with van der Waals surface area (Å²) in [6.45, 7) is 0. The highest BCUT2D eigenvalue weighted by molar-refractivity contribution is 9.10. The van der Waals surface area contributed by atoms with Crippen LogP contribution >= 0.6 is 15.9 Å². The lowest BCUT2D eigenvalue weighted by atomic mass is 10.1. The third-order valence-corrected chi connectivity index (χ3v) is 6.52. The summed E-state index contributed by atoms with van der Waals surface area (Å²) in [6.07, 6.45) is 0. The minimum Gasteiger partial charge on any atom is -0.507 e. The number of carbonyl (C=O) groups is 1. The van der Waals surface area contributed by atoms with E-state index in [0.29, 0.717) is 4.47 Å². The molecule has 24 heavy (non-hydrogen) atoms. The molecule has 2 aromatic carbocycles. The molecule has 0 fully saturated rings. The van der Waals surface area contributed by atoms with Gasteiger partial charge < -0.3 is 5.11 Å². The number of hydrogen-bond acceptors (Lipinski definition) is 6. The summed E-state index contributed by atoms with van der Waals surface area (Å²) in [7, 11) is -8.51. The number of aromatic hydroxyl groups is 1. The van der Waals surface area contributed by atoms with Crippen LogP contribution in [0, 0.1) is 0 Å². The Labute approximate surface area is 147 Å². The van der Waals surface area contributed by atoms with E-state index in [4.69, 9.17) is 5.14 Å². The Hall–Kier alpha value is -1.75. The van der Waals surface area contributed by atoms with Crippen molar-refractivity contribution in [2.24, 2.45) is 5.14 Å². The maximum absolute atomic E-state index is 12.4. The van der Waals surface area contributed by atoms with Crippen LogP contribution in [0.5, 0.6) is 5.75 Å². The fraction of sp³-hybridized carbons (Fsp3) is 0.0714. The van der Waals surface area contributed by atoms with E-state index in [1.54, 1.807) is 0 Å². The van der Waals surface area contributed by atoms with Crippen LogP contribution < -0.4 is 5.14 Å². The Morgan fingerprint density at radius 1 is 1.04 bits per heavy atom. The number of primary sulfonamides is 1. The van der Waals surface area contributed by atoms with Crippen LogP contribution in [0.15, 0.2) is 56.7 Å². The van der Waals surface area contributed by atoms with Crippen LogP contribution in [-0.2, 0) is 19.9 Å². The zero-order chi connectivity index (χ0) is 18.1. The lowest BCUT2D eigenvalue weighted by Crippen LogP contribution is -2.21. The van der Waals surface area contributed by atoms with Gasteiger partial charge in [-0.3, -0.25) is 4.79 Å². The van der Waals surface area contributed by atoms with Gasteiger partial charge in [0.05, 0.1) is 9.37 Å². The van der Waals surface area contributed by atoms with Crippen molar-refractivity contribution in [1.29, 1.82) is 0 Å². The molecule has 7 nitrogen and oxygen atoms in total. The van der Waals surface area contributed by atoms with E-state index in [-0.39, 0.29) is 11.3 Å². The van der Waals surface area contributed by atoms with Gasteiger partial charge in [-0.25, -0.2) is 22.0 Å². The Balaban J connectivity index is 2.42. The molecule has 0 aliphatic heterocycles. The van der Waals surface area contributed by atoms with E-state index in [1.807, 2.05) is 0 Å². The van der Waals surface area contributed by atoms with Crippen LogP contribution in [0.2, 0.25) is 0 Å². The predicted octanol–water partition coefficient (Wildman–Crippen LogP) is 1.46. The zero-order valence-electron chi connectivity index (χ0n) is 12.0. The van der Waals surface area contributed by atoms with Crippen LogP contribution in [0.1, 0.15) is 10.4 Å².